The van der Waals surface area contributed by atoms with E-state index in [1.54, 1.807) is 0 Å². The molecule has 0 radical (unpaired) electrons. The molecule has 0 saturated heterocycles. The van der Waals surface area contributed by atoms with Crippen molar-refractivity contribution in [2.24, 2.45) is 5.73 Å². The summed E-state index contributed by atoms with van der Waals surface area (Å²) < 4.78 is 0. The predicted molar refractivity (Wildman–Crippen MR) is 57.1 cm³/mol. The van der Waals surface area contributed by atoms with E-state index in [1.807, 2.05) is 6.07 Å². The molecule has 3 N–H and O–H groups in total. The van der Waals surface area contributed by atoms with Crippen molar-refractivity contribution in [2.75, 3.05) is 6.54 Å². The van der Waals surface area contributed by atoms with E-state index in [1.165, 1.54) is 30.4 Å². The molecule has 0 aromatic heterocycles. The van der Waals surface area contributed by atoms with E-state index in [0.717, 1.165) is 12.0 Å². The van der Waals surface area contributed by atoms with Crippen molar-refractivity contribution in [3.8, 4) is 0 Å². The van der Waals surface area contributed by atoms with Gasteiger partial charge in [0.15, 0.2) is 0 Å². The van der Waals surface area contributed by atoms with Crippen LogP contribution in [0.5, 0.6) is 0 Å². The lowest BCUT2D eigenvalue weighted by Gasteiger charge is -2.18. The Morgan fingerprint density at radius 2 is 1.93 bits per heavy atom. The molecule has 2 rings (SSSR count). The van der Waals surface area contributed by atoms with E-state index >= 15 is 0 Å². The molecule has 0 saturated carbocycles. The van der Waals surface area contributed by atoms with Crippen LogP contribution < -0.4 is 5.73 Å². The Kier molecular flexibility index (Phi) is 2.85. The van der Waals surface area contributed by atoms with Crippen LogP contribution >= 0.6 is 0 Å². The second-order valence-corrected chi connectivity index (χ2v) is 3.99. The molecule has 0 bridgehead atoms. The summed E-state index contributed by atoms with van der Waals surface area (Å²) >= 11 is 0. The maximum atomic E-state index is 9.61. The first kappa shape index (κ1) is 9.69. The highest BCUT2D eigenvalue weighted by atomic mass is 16.3. The average Bonchev–Trinajstić information content (AvgIpc) is 2.27. The number of aliphatic hydroxyl groups excluding tert-OH is 1. The van der Waals surface area contributed by atoms with Gasteiger partial charge in [0.1, 0.15) is 0 Å². The first-order chi connectivity index (χ1) is 6.81. The number of nitrogens with two attached hydrogens (primary N) is 1. The lowest BCUT2D eigenvalue weighted by molar-refractivity contribution is 0.186. The summed E-state index contributed by atoms with van der Waals surface area (Å²) in [4.78, 5) is 0. The molecule has 1 aromatic rings. The second kappa shape index (κ2) is 4.11. The van der Waals surface area contributed by atoms with E-state index in [-0.39, 0.29) is 0 Å². The van der Waals surface area contributed by atoms with Crippen LogP contribution in [0.2, 0.25) is 0 Å². The van der Waals surface area contributed by atoms with E-state index in [4.69, 9.17) is 5.73 Å². The Morgan fingerprint density at radius 1 is 1.21 bits per heavy atom. The summed E-state index contributed by atoms with van der Waals surface area (Å²) in [5.74, 6) is 0. The van der Waals surface area contributed by atoms with Crippen molar-refractivity contribution in [2.45, 2.75) is 31.8 Å². The number of hydrogen-bond donors (Lipinski definition) is 2. The standard InChI is InChI=1S/C12H17NO/c13-8-12(14)11-6-5-9-3-1-2-4-10(9)7-11/h5-7,12,14H,1-4,8,13H2. The summed E-state index contributed by atoms with van der Waals surface area (Å²) in [6.45, 7) is 0.304. The van der Waals surface area contributed by atoms with Gasteiger partial charge in [-0.2, -0.15) is 0 Å². The molecule has 0 amide bonds. The molecule has 1 aromatic carbocycles. The highest BCUT2D eigenvalue weighted by Crippen LogP contribution is 2.24. The fourth-order valence-electron chi connectivity index (χ4n) is 2.10. The molecule has 1 atom stereocenters. The number of aliphatic hydroxyl groups is 1. The summed E-state index contributed by atoms with van der Waals surface area (Å²) in [5, 5.41) is 9.61. The third-order valence-corrected chi connectivity index (χ3v) is 2.98. The predicted octanol–water partition coefficient (Wildman–Crippen LogP) is 1.56. The van der Waals surface area contributed by atoms with Gasteiger partial charge >= 0.3 is 0 Å². The van der Waals surface area contributed by atoms with E-state index in [2.05, 4.69) is 12.1 Å². The molecule has 1 aliphatic carbocycles. The topological polar surface area (TPSA) is 46.2 Å². The van der Waals surface area contributed by atoms with Crippen molar-refractivity contribution in [1.82, 2.24) is 0 Å². The van der Waals surface area contributed by atoms with Gasteiger partial charge in [-0.05, 0) is 42.4 Å². The molecule has 2 heteroatoms. The van der Waals surface area contributed by atoms with Gasteiger partial charge in [-0.3, -0.25) is 0 Å². The molecule has 1 aliphatic rings. The number of aryl methyl sites for hydroxylation is 2. The minimum Gasteiger partial charge on any atom is -0.387 e. The molecular weight excluding hydrogens is 174 g/mol. The van der Waals surface area contributed by atoms with Crippen LogP contribution in [-0.2, 0) is 12.8 Å². The van der Waals surface area contributed by atoms with Gasteiger partial charge in [-0.1, -0.05) is 18.2 Å². The number of fused-ring (bicyclic) bond motifs is 1. The van der Waals surface area contributed by atoms with Gasteiger partial charge in [0.05, 0.1) is 6.10 Å². The fraction of sp³-hybridized carbons (Fsp3) is 0.500. The van der Waals surface area contributed by atoms with Crippen molar-refractivity contribution in [3.05, 3.63) is 34.9 Å². The highest BCUT2D eigenvalue weighted by Gasteiger charge is 2.12. The van der Waals surface area contributed by atoms with Gasteiger partial charge in [0.25, 0.3) is 0 Å². The van der Waals surface area contributed by atoms with Crippen molar-refractivity contribution < 1.29 is 5.11 Å². The number of hydrogen-bond acceptors (Lipinski definition) is 2. The molecule has 0 aliphatic heterocycles. The molecule has 0 fully saturated rings. The Bertz CT molecular complexity index is 322. The van der Waals surface area contributed by atoms with E-state index in [0.29, 0.717) is 6.54 Å². The van der Waals surface area contributed by atoms with Gasteiger partial charge in [0.2, 0.25) is 0 Å². The minimum absolute atomic E-state index is 0.304. The van der Waals surface area contributed by atoms with Crippen LogP contribution in [0, 0.1) is 0 Å². The Hall–Kier alpha value is -0.860. The molecule has 76 valence electrons. The number of benzene rings is 1. The molecule has 1 unspecified atom stereocenters. The minimum atomic E-state index is -0.498. The Morgan fingerprint density at radius 3 is 2.64 bits per heavy atom. The Labute approximate surface area is 84.7 Å². The van der Waals surface area contributed by atoms with Crippen LogP contribution in [0.4, 0.5) is 0 Å². The van der Waals surface area contributed by atoms with Crippen molar-refractivity contribution in [3.63, 3.8) is 0 Å². The fourth-order valence-corrected chi connectivity index (χ4v) is 2.10. The number of rotatable bonds is 2. The summed E-state index contributed by atoms with van der Waals surface area (Å²) in [7, 11) is 0. The van der Waals surface area contributed by atoms with Gasteiger partial charge < -0.3 is 10.8 Å². The molecule has 0 heterocycles. The van der Waals surface area contributed by atoms with Crippen molar-refractivity contribution in [1.29, 1.82) is 0 Å². The first-order valence-electron chi connectivity index (χ1n) is 5.31. The summed E-state index contributed by atoms with van der Waals surface area (Å²) in [5.41, 5.74) is 9.25. The van der Waals surface area contributed by atoms with Crippen molar-refractivity contribution >= 4 is 0 Å². The van der Waals surface area contributed by atoms with Crippen LogP contribution in [-0.4, -0.2) is 11.7 Å². The Balaban J connectivity index is 2.29. The maximum absolute atomic E-state index is 9.61. The van der Waals surface area contributed by atoms with E-state index < -0.39 is 6.10 Å². The van der Waals surface area contributed by atoms with Crippen LogP contribution in [0.15, 0.2) is 18.2 Å². The highest BCUT2D eigenvalue weighted by molar-refractivity contribution is 5.34. The zero-order valence-electron chi connectivity index (χ0n) is 8.37. The molecule has 0 spiro atoms. The maximum Gasteiger partial charge on any atom is 0.0912 e. The lowest BCUT2D eigenvalue weighted by Crippen LogP contribution is -2.12. The van der Waals surface area contributed by atoms with Gasteiger partial charge in [0, 0.05) is 6.54 Å². The zero-order valence-corrected chi connectivity index (χ0v) is 8.37. The molecule has 2 nitrogen and oxygen atoms in total. The monoisotopic (exact) mass is 191 g/mol. The first-order valence-corrected chi connectivity index (χ1v) is 5.31. The summed E-state index contributed by atoms with van der Waals surface area (Å²) in [6, 6.07) is 6.26. The summed E-state index contributed by atoms with van der Waals surface area (Å²) in [6.07, 6.45) is 4.41. The normalized spacial score (nSPS) is 17.6. The molecular formula is C12H17NO. The van der Waals surface area contributed by atoms with Gasteiger partial charge in [-0.25, -0.2) is 0 Å². The second-order valence-electron chi connectivity index (χ2n) is 3.99. The van der Waals surface area contributed by atoms with Crippen LogP contribution in [0.1, 0.15) is 35.6 Å². The average molecular weight is 191 g/mol. The SMILES string of the molecule is NCC(O)c1ccc2c(c1)CCCC2. The van der Waals surface area contributed by atoms with Crippen LogP contribution in [0.3, 0.4) is 0 Å². The van der Waals surface area contributed by atoms with E-state index in [9.17, 15) is 5.11 Å². The third kappa shape index (κ3) is 1.81. The smallest absolute Gasteiger partial charge is 0.0912 e. The lowest BCUT2D eigenvalue weighted by atomic mass is 9.89. The van der Waals surface area contributed by atoms with Gasteiger partial charge in [-0.15, -0.1) is 0 Å². The third-order valence-electron chi connectivity index (χ3n) is 2.98. The largest absolute Gasteiger partial charge is 0.387 e. The molecule has 14 heavy (non-hydrogen) atoms. The van der Waals surface area contributed by atoms with Crippen LogP contribution in [0.25, 0.3) is 0 Å². The zero-order chi connectivity index (χ0) is 9.97. The quantitative estimate of drug-likeness (QED) is 0.745.